The van der Waals surface area contributed by atoms with Crippen LogP contribution < -0.4 is 29.6 Å². The summed E-state index contributed by atoms with van der Waals surface area (Å²) in [6, 6.07) is 9.21. The van der Waals surface area contributed by atoms with Crippen molar-refractivity contribution in [2.45, 2.75) is 31.6 Å². The average molecular weight is 286 g/mol. The van der Waals surface area contributed by atoms with Crippen molar-refractivity contribution in [2.24, 2.45) is 0 Å². The molecule has 0 heterocycles. The van der Waals surface area contributed by atoms with Crippen molar-refractivity contribution in [1.82, 2.24) is 0 Å². The molecule has 5 heteroatoms. The number of hydrogen-bond donors (Lipinski definition) is 0. The molecule has 0 aliphatic rings. The van der Waals surface area contributed by atoms with Crippen LogP contribution in [-0.4, -0.2) is 13.0 Å². The Kier molecular flexibility index (Phi) is 5.59. The molecule has 0 spiro atoms. The Balaban J connectivity index is 0.00000180. The maximum atomic E-state index is 11.5. The molecule has 0 bridgehead atoms. The van der Waals surface area contributed by atoms with E-state index in [1.54, 1.807) is 12.1 Å². The van der Waals surface area contributed by atoms with Crippen molar-refractivity contribution < 1.29 is 42.5 Å². The molecule has 19 heavy (non-hydrogen) atoms. The third-order valence-corrected chi connectivity index (χ3v) is 4.14. The van der Waals surface area contributed by atoms with Crippen LogP contribution in [0.4, 0.5) is 0 Å². The standard InChI is InChI=1S/C14H16O3S.Na/c1-3-10-5-6-12-8-7-11(4-2)14(13(12)9-10)18(15,16)17;/h5-9H,3-4H2,1-2H3,(H,15,16,17);/q;+1/p-1. The molecule has 0 saturated carbocycles. The molecule has 0 unspecified atom stereocenters. The molecule has 0 amide bonds. The van der Waals surface area contributed by atoms with E-state index in [0.717, 1.165) is 17.4 Å². The first-order chi connectivity index (χ1) is 8.47. The maximum Gasteiger partial charge on any atom is 1.00 e. The molecule has 2 aromatic rings. The SMILES string of the molecule is CCc1ccc2ccc(CC)c(S(=O)(=O)[O-])c2c1.[Na+]. The summed E-state index contributed by atoms with van der Waals surface area (Å²) in [6.45, 7) is 3.84. The quantitative estimate of drug-likeness (QED) is 0.583. The number of aryl methyl sites for hydroxylation is 2. The monoisotopic (exact) mass is 286 g/mol. The average Bonchev–Trinajstić information content (AvgIpc) is 2.35. The van der Waals surface area contributed by atoms with E-state index in [9.17, 15) is 13.0 Å². The van der Waals surface area contributed by atoms with E-state index in [1.165, 1.54) is 0 Å². The van der Waals surface area contributed by atoms with Crippen molar-refractivity contribution >= 4 is 20.9 Å². The van der Waals surface area contributed by atoms with Gasteiger partial charge < -0.3 is 4.55 Å². The van der Waals surface area contributed by atoms with Gasteiger partial charge in [-0.05, 0) is 40.8 Å². The first-order valence-corrected chi connectivity index (χ1v) is 7.38. The second kappa shape index (κ2) is 6.37. The van der Waals surface area contributed by atoms with Crippen LogP contribution in [0.5, 0.6) is 0 Å². The van der Waals surface area contributed by atoms with Crippen molar-refractivity contribution in [3.8, 4) is 0 Å². The Labute approximate surface area is 136 Å². The van der Waals surface area contributed by atoms with Crippen LogP contribution in [0.2, 0.25) is 0 Å². The Morgan fingerprint density at radius 3 is 2.21 bits per heavy atom. The van der Waals surface area contributed by atoms with Gasteiger partial charge in [-0.15, -0.1) is 0 Å². The fourth-order valence-corrected chi connectivity index (χ4v) is 3.16. The Hall–Kier alpha value is -0.390. The van der Waals surface area contributed by atoms with Crippen LogP contribution in [-0.2, 0) is 23.0 Å². The molecule has 0 radical (unpaired) electrons. The van der Waals surface area contributed by atoms with Crippen molar-refractivity contribution in [1.29, 1.82) is 0 Å². The molecule has 3 nitrogen and oxygen atoms in total. The van der Waals surface area contributed by atoms with Crippen LogP contribution in [0, 0.1) is 0 Å². The Bertz CT molecular complexity index is 688. The van der Waals surface area contributed by atoms with Crippen molar-refractivity contribution in [3.05, 3.63) is 41.5 Å². The van der Waals surface area contributed by atoms with Gasteiger partial charge in [0.25, 0.3) is 0 Å². The molecule has 0 aromatic heterocycles. The minimum Gasteiger partial charge on any atom is -0.744 e. The van der Waals surface area contributed by atoms with E-state index >= 15 is 0 Å². The summed E-state index contributed by atoms with van der Waals surface area (Å²) in [5.74, 6) is 0. The topological polar surface area (TPSA) is 57.2 Å². The largest absolute Gasteiger partial charge is 1.00 e. The third-order valence-electron chi connectivity index (χ3n) is 3.16. The van der Waals surface area contributed by atoms with Gasteiger partial charge in [0, 0.05) is 0 Å². The van der Waals surface area contributed by atoms with Gasteiger partial charge in [0.05, 0.1) is 4.90 Å². The molecule has 0 saturated heterocycles. The normalized spacial score (nSPS) is 11.3. The van der Waals surface area contributed by atoms with Crippen LogP contribution in [0.3, 0.4) is 0 Å². The van der Waals surface area contributed by atoms with Crippen LogP contribution in [0.25, 0.3) is 10.8 Å². The minimum atomic E-state index is -4.45. The van der Waals surface area contributed by atoms with E-state index in [2.05, 4.69) is 0 Å². The second-order valence-corrected chi connectivity index (χ2v) is 5.59. The zero-order valence-corrected chi connectivity index (χ0v) is 14.3. The van der Waals surface area contributed by atoms with Crippen molar-refractivity contribution in [2.75, 3.05) is 0 Å². The predicted molar refractivity (Wildman–Crippen MR) is 70.7 cm³/mol. The molecule has 96 valence electrons. The van der Waals surface area contributed by atoms with E-state index in [0.29, 0.717) is 17.4 Å². The van der Waals surface area contributed by atoms with Gasteiger partial charge in [0.15, 0.2) is 0 Å². The summed E-state index contributed by atoms with van der Waals surface area (Å²) in [4.78, 5) is -0.0576. The molecule has 2 rings (SSSR count). The summed E-state index contributed by atoms with van der Waals surface area (Å²) >= 11 is 0. The zero-order chi connectivity index (χ0) is 13.3. The molecule has 0 fully saturated rings. The number of rotatable bonds is 3. The first kappa shape index (κ1) is 16.7. The minimum absolute atomic E-state index is 0. The first-order valence-electron chi connectivity index (χ1n) is 5.97. The summed E-state index contributed by atoms with van der Waals surface area (Å²) in [6.07, 6.45) is 1.34. The Morgan fingerprint density at radius 2 is 1.68 bits per heavy atom. The van der Waals surface area contributed by atoms with Gasteiger partial charge in [0.1, 0.15) is 10.1 Å². The molecule has 0 atom stereocenters. The fraction of sp³-hybridized carbons (Fsp3) is 0.286. The van der Waals surface area contributed by atoms with Crippen LogP contribution in [0.15, 0.2) is 35.2 Å². The molecular weight excluding hydrogens is 271 g/mol. The van der Waals surface area contributed by atoms with Crippen molar-refractivity contribution in [3.63, 3.8) is 0 Å². The number of benzene rings is 2. The summed E-state index contributed by atoms with van der Waals surface area (Å²) in [5, 5.41) is 1.34. The molecule has 0 aliphatic heterocycles. The summed E-state index contributed by atoms with van der Waals surface area (Å²) < 4.78 is 34.4. The summed E-state index contributed by atoms with van der Waals surface area (Å²) in [7, 11) is -4.45. The van der Waals surface area contributed by atoms with Gasteiger partial charge in [-0.3, -0.25) is 0 Å². The third kappa shape index (κ3) is 3.38. The van der Waals surface area contributed by atoms with E-state index < -0.39 is 10.1 Å². The van der Waals surface area contributed by atoms with Crippen LogP contribution >= 0.6 is 0 Å². The zero-order valence-electron chi connectivity index (χ0n) is 11.4. The van der Waals surface area contributed by atoms with Crippen LogP contribution in [0.1, 0.15) is 25.0 Å². The van der Waals surface area contributed by atoms with E-state index in [4.69, 9.17) is 0 Å². The van der Waals surface area contributed by atoms with E-state index in [1.807, 2.05) is 32.0 Å². The van der Waals surface area contributed by atoms with Gasteiger partial charge in [-0.2, -0.15) is 0 Å². The maximum absolute atomic E-state index is 11.5. The second-order valence-electron chi connectivity index (χ2n) is 4.27. The van der Waals surface area contributed by atoms with E-state index in [-0.39, 0.29) is 34.5 Å². The molecule has 2 aromatic carbocycles. The molecule has 0 N–H and O–H groups in total. The Morgan fingerprint density at radius 1 is 1.05 bits per heavy atom. The van der Waals surface area contributed by atoms with Gasteiger partial charge in [0.2, 0.25) is 0 Å². The predicted octanol–water partition coefficient (Wildman–Crippen LogP) is -0.127. The van der Waals surface area contributed by atoms with Gasteiger partial charge in [-0.1, -0.05) is 38.1 Å². The number of fused-ring (bicyclic) bond motifs is 1. The fourth-order valence-electron chi connectivity index (χ4n) is 2.18. The smallest absolute Gasteiger partial charge is 0.744 e. The summed E-state index contributed by atoms with van der Waals surface area (Å²) in [5.41, 5.74) is 1.62. The number of hydrogen-bond acceptors (Lipinski definition) is 3. The van der Waals surface area contributed by atoms with Gasteiger partial charge >= 0.3 is 29.6 Å². The molecular formula is C14H15NaO3S. The molecule has 0 aliphatic carbocycles. The van der Waals surface area contributed by atoms with Gasteiger partial charge in [-0.25, -0.2) is 8.42 Å².